The molecule has 5 nitrogen and oxygen atoms in total. The van der Waals surface area contributed by atoms with Crippen molar-refractivity contribution in [3.63, 3.8) is 0 Å². The van der Waals surface area contributed by atoms with Gasteiger partial charge in [-0.05, 0) is 36.2 Å². The number of rotatable bonds is 4. The summed E-state index contributed by atoms with van der Waals surface area (Å²) >= 11 is 5.95. The van der Waals surface area contributed by atoms with E-state index in [1.807, 2.05) is 66.2 Å². The number of ether oxygens (including phenoxy) is 1. The Labute approximate surface area is 162 Å². The molecule has 27 heavy (non-hydrogen) atoms. The highest BCUT2D eigenvalue weighted by atomic mass is 35.5. The molecule has 2 heterocycles. The zero-order valence-electron chi connectivity index (χ0n) is 14.9. The molecule has 1 aliphatic rings. The molecule has 1 amide bonds. The van der Waals surface area contributed by atoms with Crippen LogP contribution in [0.3, 0.4) is 0 Å². The number of benzene rings is 2. The van der Waals surface area contributed by atoms with E-state index in [1.54, 1.807) is 6.07 Å². The lowest BCUT2D eigenvalue weighted by atomic mass is 10.1. The van der Waals surface area contributed by atoms with Gasteiger partial charge in [-0.1, -0.05) is 54.1 Å². The van der Waals surface area contributed by atoms with Crippen molar-refractivity contribution < 1.29 is 9.53 Å². The SMILES string of the molecule is C[C@H](NC(=O)c1cc2n(n1)C[C@@H](c1ccc(Cl)cc1)OC2)c1ccccc1. The molecule has 0 saturated carbocycles. The maximum absolute atomic E-state index is 12.6. The van der Waals surface area contributed by atoms with Crippen LogP contribution in [0.4, 0.5) is 0 Å². The summed E-state index contributed by atoms with van der Waals surface area (Å²) in [6, 6.07) is 19.2. The molecule has 0 saturated heterocycles. The van der Waals surface area contributed by atoms with Gasteiger partial charge < -0.3 is 10.1 Å². The molecule has 1 aliphatic heterocycles. The van der Waals surface area contributed by atoms with E-state index in [0.29, 0.717) is 23.9 Å². The van der Waals surface area contributed by atoms with Crippen LogP contribution in [0.15, 0.2) is 60.7 Å². The Morgan fingerprint density at radius 1 is 1.22 bits per heavy atom. The van der Waals surface area contributed by atoms with Gasteiger partial charge >= 0.3 is 0 Å². The van der Waals surface area contributed by atoms with Gasteiger partial charge in [0.05, 0.1) is 24.9 Å². The standard InChI is InChI=1S/C21H20ClN3O2/c1-14(15-5-3-2-4-6-15)23-21(26)19-11-18-13-27-20(12-25(18)24-19)16-7-9-17(22)10-8-16/h2-11,14,20H,12-13H2,1H3,(H,23,26)/t14-,20-/m0/s1. The third kappa shape index (κ3) is 3.89. The van der Waals surface area contributed by atoms with E-state index in [1.165, 1.54) is 0 Å². The first-order valence-electron chi connectivity index (χ1n) is 8.90. The van der Waals surface area contributed by atoms with Gasteiger partial charge in [0.2, 0.25) is 0 Å². The second kappa shape index (κ2) is 7.55. The minimum atomic E-state index is -0.184. The highest BCUT2D eigenvalue weighted by Crippen LogP contribution is 2.27. The second-order valence-electron chi connectivity index (χ2n) is 6.66. The van der Waals surface area contributed by atoms with Gasteiger partial charge in [-0.25, -0.2) is 0 Å². The molecule has 1 aromatic heterocycles. The fraction of sp³-hybridized carbons (Fsp3) is 0.238. The summed E-state index contributed by atoms with van der Waals surface area (Å²) in [6.45, 7) is 2.95. The van der Waals surface area contributed by atoms with E-state index in [2.05, 4.69) is 10.4 Å². The molecule has 2 atom stereocenters. The number of fused-ring (bicyclic) bond motifs is 1. The topological polar surface area (TPSA) is 56.2 Å². The van der Waals surface area contributed by atoms with E-state index in [9.17, 15) is 4.79 Å². The summed E-state index contributed by atoms with van der Waals surface area (Å²) in [5, 5.41) is 8.18. The Hall–Kier alpha value is -2.63. The number of carbonyl (C=O) groups is 1. The van der Waals surface area contributed by atoms with E-state index in [-0.39, 0.29) is 18.1 Å². The van der Waals surface area contributed by atoms with Gasteiger partial charge in [0.15, 0.2) is 5.69 Å². The van der Waals surface area contributed by atoms with Crippen LogP contribution in [0.2, 0.25) is 5.02 Å². The number of halogens is 1. The zero-order chi connectivity index (χ0) is 18.8. The molecule has 6 heteroatoms. The van der Waals surface area contributed by atoms with Crippen LogP contribution >= 0.6 is 11.6 Å². The first kappa shape index (κ1) is 17.8. The molecule has 1 N–H and O–H groups in total. The molecule has 3 aromatic rings. The zero-order valence-corrected chi connectivity index (χ0v) is 15.7. The summed E-state index contributed by atoms with van der Waals surface area (Å²) in [6.07, 6.45) is -0.103. The van der Waals surface area contributed by atoms with E-state index in [0.717, 1.165) is 16.8 Å². The van der Waals surface area contributed by atoms with Crippen molar-refractivity contribution >= 4 is 17.5 Å². The Morgan fingerprint density at radius 2 is 1.96 bits per heavy atom. The van der Waals surface area contributed by atoms with Crippen LogP contribution in [0.5, 0.6) is 0 Å². The average molecular weight is 382 g/mol. The molecule has 138 valence electrons. The van der Waals surface area contributed by atoms with E-state index < -0.39 is 0 Å². The summed E-state index contributed by atoms with van der Waals surface area (Å²) in [4.78, 5) is 12.6. The maximum Gasteiger partial charge on any atom is 0.272 e. The summed E-state index contributed by atoms with van der Waals surface area (Å²) < 4.78 is 7.79. The second-order valence-corrected chi connectivity index (χ2v) is 7.10. The van der Waals surface area contributed by atoms with Gasteiger partial charge in [0.1, 0.15) is 6.10 Å². The lowest BCUT2D eigenvalue weighted by Gasteiger charge is -2.24. The normalized spacial score (nSPS) is 17.2. The predicted octanol–water partition coefficient (Wildman–Crippen LogP) is 4.30. The highest BCUT2D eigenvalue weighted by molar-refractivity contribution is 6.30. The third-order valence-electron chi connectivity index (χ3n) is 4.76. The molecule has 0 bridgehead atoms. The van der Waals surface area contributed by atoms with Crippen LogP contribution in [-0.2, 0) is 17.9 Å². The van der Waals surface area contributed by atoms with Crippen LogP contribution in [0.1, 0.15) is 46.4 Å². The molecule has 0 aliphatic carbocycles. The number of nitrogens with one attached hydrogen (secondary N) is 1. The minimum absolute atomic E-state index is 0.0875. The van der Waals surface area contributed by atoms with Crippen LogP contribution in [-0.4, -0.2) is 15.7 Å². The van der Waals surface area contributed by atoms with Crippen LogP contribution in [0.25, 0.3) is 0 Å². The molecule has 4 rings (SSSR count). The summed E-state index contributed by atoms with van der Waals surface area (Å²) in [7, 11) is 0. The Balaban J connectivity index is 1.46. The largest absolute Gasteiger partial charge is 0.365 e. The maximum atomic E-state index is 12.6. The molecule has 2 aromatic carbocycles. The molecule has 0 radical (unpaired) electrons. The van der Waals surface area contributed by atoms with E-state index >= 15 is 0 Å². The van der Waals surface area contributed by atoms with Crippen LogP contribution in [0, 0.1) is 0 Å². The van der Waals surface area contributed by atoms with Gasteiger partial charge in [0.25, 0.3) is 5.91 Å². The van der Waals surface area contributed by atoms with Crippen molar-refractivity contribution in [3.8, 4) is 0 Å². The summed E-state index contributed by atoms with van der Waals surface area (Å²) in [5.41, 5.74) is 3.41. The average Bonchev–Trinajstić information content (AvgIpc) is 3.13. The lowest BCUT2D eigenvalue weighted by Crippen LogP contribution is -2.27. The Morgan fingerprint density at radius 3 is 2.70 bits per heavy atom. The monoisotopic (exact) mass is 381 g/mol. The third-order valence-corrected chi connectivity index (χ3v) is 5.01. The molecule has 0 fully saturated rings. The van der Waals surface area contributed by atoms with Crippen LogP contribution < -0.4 is 5.32 Å². The highest BCUT2D eigenvalue weighted by Gasteiger charge is 2.24. The van der Waals surface area contributed by atoms with Gasteiger partial charge in [-0.15, -0.1) is 0 Å². The van der Waals surface area contributed by atoms with Crippen molar-refractivity contribution in [2.45, 2.75) is 32.2 Å². The minimum Gasteiger partial charge on any atom is -0.365 e. The Bertz CT molecular complexity index is 938. The fourth-order valence-electron chi connectivity index (χ4n) is 3.21. The molecule has 0 unspecified atom stereocenters. The molecular formula is C21H20ClN3O2. The van der Waals surface area contributed by atoms with Crippen molar-refractivity contribution in [1.82, 2.24) is 15.1 Å². The smallest absolute Gasteiger partial charge is 0.272 e. The summed E-state index contributed by atoms with van der Waals surface area (Å²) in [5.74, 6) is -0.184. The van der Waals surface area contributed by atoms with E-state index in [4.69, 9.17) is 16.3 Å². The Kier molecular flexibility index (Phi) is 4.97. The predicted molar refractivity (Wildman–Crippen MR) is 104 cm³/mol. The van der Waals surface area contributed by atoms with Gasteiger partial charge in [0, 0.05) is 5.02 Å². The van der Waals surface area contributed by atoms with Crippen molar-refractivity contribution in [2.24, 2.45) is 0 Å². The number of aromatic nitrogens is 2. The number of hydrogen-bond acceptors (Lipinski definition) is 3. The number of nitrogens with zero attached hydrogens (tertiary/aromatic N) is 2. The number of amides is 1. The first-order chi connectivity index (χ1) is 13.1. The number of carbonyl (C=O) groups excluding carboxylic acids is 1. The van der Waals surface area contributed by atoms with Gasteiger partial charge in [-0.2, -0.15) is 5.10 Å². The van der Waals surface area contributed by atoms with Crippen molar-refractivity contribution in [1.29, 1.82) is 0 Å². The molecular weight excluding hydrogens is 362 g/mol. The van der Waals surface area contributed by atoms with Crippen molar-refractivity contribution in [2.75, 3.05) is 0 Å². The first-order valence-corrected chi connectivity index (χ1v) is 9.27. The lowest BCUT2D eigenvalue weighted by molar-refractivity contribution is -0.00119. The fourth-order valence-corrected chi connectivity index (χ4v) is 3.34. The molecule has 0 spiro atoms. The number of hydrogen-bond donors (Lipinski definition) is 1. The van der Waals surface area contributed by atoms with Gasteiger partial charge in [-0.3, -0.25) is 9.48 Å². The van der Waals surface area contributed by atoms with Crippen molar-refractivity contribution in [3.05, 3.63) is 88.2 Å². The quantitative estimate of drug-likeness (QED) is 0.733.